The Bertz CT molecular complexity index is 1140. The number of piperidine rings is 1. The first-order chi connectivity index (χ1) is 16.8. The minimum Gasteiger partial charge on any atom is -0.398 e. The number of carbonyl (C=O) groups is 1. The van der Waals surface area contributed by atoms with Gasteiger partial charge in [0.25, 0.3) is 5.56 Å². The van der Waals surface area contributed by atoms with Gasteiger partial charge in [0.1, 0.15) is 0 Å². The summed E-state index contributed by atoms with van der Waals surface area (Å²) in [5, 5.41) is 13.9. The molecule has 0 spiro atoms. The Morgan fingerprint density at radius 2 is 1.80 bits per heavy atom. The topological polar surface area (TPSA) is 126 Å². The van der Waals surface area contributed by atoms with Gasteiger partial charge < -0.3 is 21.1 Å². The lowest BCUT2D eigenvalue weighted by Crippen LogP contribution is -2.44. The molecule has 9 nitrogen and oxygen atoms in total. The van der Waals surface area contributed by atoms with Gasteiger partial charge in [-0.05, 0) is 63.7 Å². The molecule has 2 aromatic rings. The first-order valence-corrected chi connectivity index (χ1v) is 13.3. The van der Waals surface area contributed by atoms with E-state index >= 15 is 0 Å². The Hall–Kier alpha value is -2.68. The van der Waals surface area contributed by atoms with Gasteiger partial charge >= 0.3 is 0 Å². The highest BCUT2D eigenvalue weighted by Gasteiger charge is 2.32. The first-order valence-electron chi connectivity index (χ1n) is 13.3. The number of nitrogens with one attached hydrogen (secondary N) is 1. The standard InChI is InChI=1S/C26H38N6O3/c1-15(2)21-22(27)20-14-28-26(30-23(20)32(25(21)35)18-4-3-5-18)29-17-8-6-16(7-9-17)24(34)31-12-10-19(33)11-13-31/h14-19,33H,3-13,27H2,1-2H3,(H,28,29,30)/t16-,17-. The molecule has 2 saturated carbocycles. The fourth-order valence-electron chi connectivity index (χ4n) is 5.86. The van der Waals surface area contributed by atoms with E-state index in [9.17, 15) is 14.7 Å². The molecule has 3 fully saturated rings. The Balaban J connectivity index is 1.31. The molecule has 2 aromatic heterocycles. The molecule has 4 N–H and O–H groups in total. The van der Waals surface area contributed by atoms with Gasteiger partial charge in [0.15, 0.2) is 5.65 Å². The minimum absolute atomic E-state index is 0.0244. The van der Waals surface area contributed by atoms with Crippen LogP contribution in [0, 0.1) is 5.92 Å². The minimum atomic E-state index is -0.270. The van der Waals surface area contributed by atoms with Crippen LogP contribution < -0.4 is 16.6 Å². The molecule has 1 aliphatic heterocycles. The first kappa shape index (κ1) is 24.0. The van der Waals surface area contributed by atoms with Gasteiger partial charge in [-0.1, -0.05) is 13.8 Å². The molecule has 3 heterocycles. The summed E-state index contributed by atoms with van der Waals surface area (Å²) in [6, 6.07) is 0.360. The molecule has 190 valence electrons. The summed E-state index contributed by atoms with van der Waals surface area (Å²) in [5.74, 6) is 0.836. The second-order valence-electron chi connectivity index (χ2n) is 10.9. The molecular weight excluding hydrogens is 444 g/mol. The highest BCUT2D eigenvalue weighted by Crippen LogP contribution is 2.35. The van der Waals surface area contributed by atoms with Gasteiger partial charge in [0, 0.05) is 42.9 Å². The van der Waals surface area contributed by atoms with Gasteiger partial charge in [-0.15, -0.1) is 0 Å². The fourth-order valence-corrected chi connectivity index (χ4v) is 5.86. The second kappa shape index (κ2) is 9.76. The van der Waals surface area contributed by atoms with Gasteiger partial charge in [-0.2, -0.15) is 4.98 Å². The summed E-state index contributed by atoms with van der Waals surface area (Å²) >= 11 is 0. The number of nitrogen functional groups attached to an aromatic ring is 1. The highest BCUT2D eigenvalue weighted by atomic mass is 16.3. The number of carbonyl (C=O) groups excluding carboxylic acids is 1. The van der Waals surface area contributed by atoms with Crippen LogP contribution >= 0.6 is 0 Å². The number of likely N-dealkylation sites (tertiary alicyclic amines) is 1. The number of aromatic nitrogens is 3. The molecule has 0 bridgehead atoms. The van der Waals surface area contributed by atoms with Crippen LogP contribution in [0.25, 0.3) is 11.0 Å². The van der Waals surface area contributed by atoms with E-state index in [1.54, 1.807) is 6.20 Å². The van der Waals surface area contributed by atoms with Gasteiger partial charge in [-0.3, -0.25) is 14.2 Å². The molecule has 1 amide bonds. The van der Waals surface area contributed by atoms with E-state index in [2.05, 4.69) is 10.3 Å². The molecule has 0 radical (unpaired) electrons. The van der Waals surface area contributed by atoms with E-state index < -0.39 is 0 Å². The second-order valence-corrected chi connectivity index (χ2v) is 10.9. The number of rotatable bonds is 5. The van der Waals surface area contributed by atoms with Gasteiger partial charge in [0.2, 0.25) is 11.9 Å². The van der Waals surface area contributed by atoms with Gasteiger partial charge in [0.05, 0.1) is 17.2 Å². The van der Waals surface area contributed by atoms with Crippen molar-refractivity contribution in [1.82, 2.24) is 19.4 Å². The number of pyridine rings is 1. The van der Waals surface area contributed by atoms with Crippen molar-refractivity contribution in [2.24, 2.45) is 5.92 Å². The Labute approximate surface area is 206 Å². The van der Waals surface area contributed by atoms with Crippen LogP contribution in [0.2, 0.25) is 0 Å². The van der Waals surface area contributed by atoms with Crippen LogP contribution in [0.5, 0.6) is 0 Å². The van der Waals surface area contributed by atoms with Crippen LogP contribution in [0.1, 0.15) is 89.2 Å². The van der Waals surface area contributed by atoms with E-state index in [1.807, 2.05) is 23.3 Å². The van der Waals surface area contributed by atoms with Crippen molar-refractivity contribution in [2.45, 2.75) is 95.7 Å². The molecule has 9 heteroatoms. The number of amides is 1. The third kappa shape index (κ3) is 4.62. The lowest BCUT2D eigenvalue weighted by atomic mass is 9.85. The summed E-state index contributed by atoms with van der Waals surface area (Å²) in [5.41, 5.74) is 8.17. The Kier molecular flexibility index (Phi) is 6.70. The molecule has 5 rings (SSSR count). The summed E-state index contributed by atoms with van der Waals surface area (Å²) in [4.78, 5) is 37.6. The number of anilines is 2. The van der Waals surface area contributed by atoms with E-state index in [4.69, 9.17) is 10.7 Å². The van der Waals surface area contributed by atoms with E-state index in [-0.39, 0.29) is 41.5 Å². The van der Waals surface area contributed by atoms with Crippen molar-refractivity contribution in [3.8, 4) is 0 Å². The average Bonchev–Trinajstić information content (AvgIpc) is 2.81. The molecule has 1 saturated heterocycles. The molecule has 0 unspecified atom stereocenters. The van der Waals surface area contributed by atoms with Gasteiger partial charge in [-0.25, -0.2) is 4.98 Å². The summed E-state index contributed by atoms with van der Waals surface area (Å²) < 4.78 is 1.85. The summed E-state index contributed by atoms with van der Waals surface area (Å²) in [7, 11) is 0. The number of aliphatic hydroxyl groups excluding tert-OH is 1. The van der Waals surface area contributed by atoms with Crippen molar-refractivity contribution in [3.05, 3.63) is 22.1 Å². The lowest BCUT2D eigenvalue weighted by molar-refractivity contribution is -0.138. The molecule has 35 heavy (non-hydrogen) atoms. The van der Waals surface area contributed by atoms with Crippen LogP contribution in [-0.4, -0.2) is 55.7 Å². The number of hydrogen-bond acceptors (Lipinski definition) is 7. The largest absolute Gasteiger partial charge is 0.398 e. The van der Waals surface area contributed by atoms with Crippen LogP contribution in [0.3, 0.4) is 0 Å². The van der Waals surface area contributed by atoms with E-state index in [0.717, 1.165) is 50.3 Å². The zero-order chi connectivity index (χ0) is 24.7. The fraction of sp³-hybridized carbons (Fsp3) is 0.692. The third-order valence-corrected chi connectivity index (χ3v) is 8.23. The Morgan fingerprint density at radius 1 is 1.11 bits per heavy atom. The maximum atomic E-state index is 13.4. The highest BCUT2D eigenvalue weighted by molar-refractivity contribution is 5.90. The lowest BCUT2D eigenvalue weighted by Gasteiger charge is -2.35. The monoisotopic (exact) mass is 482 g/mol. The van der Waals surface area contributed by atoms with Crippen molar-refractivity contribution in [3.63, 3.8) is 0 Å². The molecule has 0 aromatic carbocycles. The number of nitrogens with zero attached hydrogens (tertiary/aromatic N) is 4. The Morgan fingerprint density at radius 3 is 2.40 bits per heavy atom. The summed E-state index contributed by atoms with van der Waals surface area (Å²) in [6.07, 6.45) is 9.34. The molecule has 3 aliphatic rings. The van der Waals surface area contributed by atoms with Crippen LogP contribution in [0.4, 0.5) is 11.6 Å². The van der Waals surface area contributed by atoms with E-state index in [1.165, 1.54) is 0 Å². The smallest absolute Gasteiger partial charge is 0.258 e. The van der Waals surface area contributed by atoms with Crippen LogP contribution in [-0.2, 0) is 4.79 Å². The predicted octanol–water partition coefficient (Wildman–Crippen LogP) is 3.18. The molecule has 0 atom stereocenters. The normalized spacial score (nSPS) is 24.1. The quantitative estimate of drug-likeness (QED) is 0.597. The van der Waals surface area contributed by atoms with E-state index in [0.29, 0.717) is 48.8 Å². The van der Waals surface area contributed by atoms with Crippen molar-refractivity contribution in [1.29, 1.82) is 0 Å². The average molecular weight is 483 g/mol. The van der Waals surface area contributed by atoms with Crippen molar-refractivity contribution in [2.75, 3.05) is 24.1 Å². The molecular formula is C26H38N6O3. The SMILES string of the molecule is CC(C)c1c(N)c2cnc(N[C@H]3CC[C@H](C(=O)N4CCC(O)CC4)CC3)nc2n(C2CCC2)c1=O. The van der Waals surface area contributed by atoms with Crippen molar-refractivity contribution < 1.29 is 9.90 Å². The number of fused-ring (bicyclic) bond motifs is 1. The zero-order valence-electron chi connectivity index (χ0n) is 20.9. The van der Waals surface area contributed by atoms with Crippen molar-refractivity contribution >= 4 is 28.6 Å². The third-order valence-electron chi connectivity index (χ3n) is 8.23. The number of aliphatic hydroxyl groups is 1. The number of hydrogen-bond donors (Lipinski definition) is 3. The number of nitrogens with two attached hydrogens (primary N) is 1. The zero-order valence-corrected chi connectivity index (χ0v) is 20.9. The van der Waals surface area contributed by atoms with Crippen LogP contribution in [0.15, 0.2) is 11.0 Å². The predicted molar refractivity (Wildman–Crippen MR) is 136 cm³/mol. The summed E-state index contributed by atoms with van der Waals surface area (Å²) in [6.45, 7) is 5.31. The molecule has 2 aliphatic carbocycles. The maximum Gasteiger partial charge on any atom is 0.258 e. The maximum absolute atomic E-state index is 13.4.